The Kier molecular flexibility index (Phi) is 3.62. The molecule has 62 valence electrons. The molecule has 1 aromatic rings. The van der Waals surface area contributed by atoms with E-state index >= 15 is 0 Å². The van der Waals surface area contributed by atoms with Gasteiger partial charge in [0.15, 0.2) is 0 Å². The van der Waals surface area contributed by atoms with Gasteiger partial charge in [0.2, 0.25) is 0 Å². The fourth-order valence-corrected chi connectivity index (χ4v) is 2.93. The molecular weight excluding hydrogens is 274 g/mol. The summed E-state index contributed by atoms with van der Waals surface area (Å²) in [6.07, 6.45) is 0. The van der Waals surface area contributed by atoms with E-state index in [-0.39, 0.29) is 27.8 Å². The number of halogens is 2. The second-order valence-electron chi connectivity index (χ2n) is 2.05. The van der Waals surface area contributed by atoms with Gasteiger partial charge in [-0.25, -0.2) is 0 Å². The second kappa shape index (κ2) is 4.28. The summed E-state index contributed by atoms with van der Waals surface area (Å²) >= 11 is 5.89. The number of alkyl halides is 1. The zero-order valence-corrected chi connectivity index (χ0v) is 9.06. The van der Waals surface area contributed by atoms with E-state index in [0.29, 0.717) is 5.02 Å². The quantitative estimate of drug-likeness (QED) is 0.530. The van der Waals surface area contributed by atoms with Gasteiger partial charge in [0, 0.05) is 0 Å². The zero-order valence-electron chi connectivity index (χ0n) is 6.14. The molecule has 0 bridgehead atoms. The number of aliphatic hydroxyl groups excluding tert-OH is 1. The summed E-state index contributed by atoms with van der Waals surface area (Å²) < 4.78 is 1.24. The van der Waals surface area contributed by atoms with Crippen LogP contribution in [0.3, 0.4) is 0 Å². The van der Waals surface area contributed by atoms with Gasteiger partial charge in [0.05, 0.1) is 0 Å². The Balaban J connectivity index is 3.13. The van der Waals surface area contributed by atoms with Crippen molar-refractivity contribution in [3.63, 3.8) is 0 Å². The average molecular weight is 284 g/mol. The van der Waals surface area contributed by atoms with Crippen molar-refractivity contribution < 1.29 is 26.3 Å². The first-order valence-corrected chi connectivity index (χ1v) is 6.78. The van der Waals surface area contributed by atoms with Crippen LogP contribution in [0.15, 0.2) is 18.2 Å². The molecule has 0 heterocycles. The van der Waals surface area contributed by atoms with Crippen LogP contribution in [-0.2, 0) is 6.61 Å². The Hall–Kier alpha value is 0.200. The number of benzene rings is 1. The third-order valence-electron chi connectivity index (χ3n) is 1.42. The molecule has 1 aromatic carbocycles. The number of rotatable bonds is 2. The van der Waals surface area contributed by atoms with E-state index in [2.05, 4.69) is 4.93 Å². The van der Waals surface area contributed by atoms with Gasteiger partial charge in [-0.3, -0.25) is 0 Å². The molecule has 1 N–H and O–H groups in total. The van der Waals surface area contributed by atoms with E-state index in [1.54, 1.807) is 0 Å². The van der Waals surface area contributed by atoms with Gasteiger partial charge < -0.3 is 0 Å². The standard InChI is InChI=1S/C8H9ClIO/c1-10-8-4-2-3-7(9)6(8)5-11/h2-4,11H,5H2,1H3/q-1. The summed E-state index contributed by atoms with van der Waals surface area (Å²) in [5, 5.41) is 9.65. The minimum atomic E-state index is 0.0201. The summed E-state index contributed by atoms with van der Waals surface area (Å²) in [5.41, 5.74) is 0.907. The maximum atomic E-state index is 8.96. The van der Waals surface area contributed by atoms with Crippen LogP contribution in [0.4, 0.5) is 0 Å². The molecule has 0 aromatic heterocycles. The Labute approximate surface area is 81.6 Å². The fourth-order valence-electron chi connectivity index (χ4n) is 0.860. The van der Waals surface area contributed by atoms with E-state index < -0.39 is 0 Å². The van der Waals surface area contributed by atoms with Crippen molar-refractivity contribution in [3.8, 4) is 0 Å². The van der Waals surface area contributed by atoms with E-state index in [1.165, 1.54) is 3.57 Å². The number of aliphatic hydroxyl groups is 1. The van der Waals surface area contributed by atoms with Crippen molar-refractivity contribution in [2.45, 2.75) is 6.61 Å². The van der Waals surface area contributed by atoms with Crippen molar-refractivity contribution in [2.24, 2.45) is 0 Å². The SMILES string of the molecule is C[I-]c1cccc(Cl)c1CO. The van der Waals surface area contributed by atoms with Crippen LogP contribution in [0.1, 0.15) is 5.56 Å². The molecule has 0 saturated carbocycles. The van der Waals surface area contributed by atoms with Crippen LogP contribution in [0.2, 0.25) is 5.02 Å². The number of hydrogen-bond acceptors (Lipinski definition) is 1. The minimum absolute atomic E-state index is 0.0201. The molecule has 0 aliphatic rings. The van der Waals surface area contributed by atoms with E-state index in [0.717, 1.165) is 5.56 Å². The van der Waals surface area contributed by atoms with E-state index in [4.69, 9.17) is 16.7 Å². The van der Waals surface area contributed by atoms with E-state index in [9.17, 15) is 0 Å². The second-order valence-corrected chi connectivity index (χ2v) is 4.70. The maximum absolute atomic E-state index is 8.96. The first kappa shape index (κ1) is 9.29. The Bertz CT molecular complexity index is 250. The Morgan fingerprint density at radius 3 is 2.73 bits per heavy atom. The molecule has 3 heteroatoms. The molecule has 11 heavy (non-hydrogen) atoms. The molecule has 0 radical (unpaired) electrons. The van der Waals surface area contributed by atoms with Gasteiger partial charge in [-0.2, -0.15) is 0 Å². The summed E-state index contributed by atoms with van der Waals surface area (Å²) in [4.78, 5) is 2.16. The summed E-state index contributed by atoms with van der Waals surface area (Å²) in [7, 11) is 0. The third kappa shape index (κ3) is 2.07. The van der Waals surface area contributed by atoms with E-state index in [1.807, 2.05) is 18.2 Å². The van der Waals surface area contributed by atoms with Crippen LogP contribution < -0.4 is 21.2 Å². The van der Waals surface area contributed by atoms with Gasteiger partial charge in [-0.1, -0.05) is 0 Å². The molecule has 0 aliphatic carbocycles. The van der Waals surface area contributed by atoms with Crippen LogP contribution >= 0.6 is 11.6 Å². The van der Waals surface area contributed by atoms with Crippen LogP contribution in [0.5, 0.6) is 0 Å². The molecule has 1 nitrogen and oxygen atoms in total. The molecule has 1 rings (SSSR count). The molecule has 0 unspecified atom stereocenters. The fraction of sp³-hybridized carbons (Fsp3) is 0.250. The molecular formula is C8H9ClIO-. The van der Waals surface area contributed by atoms with Crippen molar-refractivity contribution in [2.75, 3.05) is 4.93 Å². The van der Waals surface area contributed by atoms with Crippen molar-refractivity contribution in [1.82, 2.24) is 0 Å². The third-order valence-corrected chi connectivity index (χ3v) is 3.95. The first-order chi connectivity index (χ1) is 5.29. The normalized spacial score (nSPS) is 10.5. The van der Waals surface area contributed by atoms with Gasteiger partial charge in [-0.05, 0) is 0 Å². The predicted molar refractivity (Wildman–Crippen MR) is 42.0 cm³/mol. The molecule has 0 saturated heterocycles. The topological polar surface area (TPSA) is 20.2 Å². The molecule has 0 amide bonds. The number of hydrogen-bond donors (Lipinski definition) is 1. The molecule has 0 atom stereocenters. The van der Waals surface area contributed by atoms with Gasteiger partial charge >= 0.3 is 81.8 Å². The van der Waals surface area contributed by atoms with Crippen molar-refractivity contribution >= 4 is 11.6 Å². The van der Waals surface area contributed by atoms with Gasteiger partial charge in [0.1, 0.15) is 0 Å². The summed E-state index contributed by atoms with van der Waals surface area (Å²) in [6.45, 7) is 0.0581. The zero-order chi connectivity index (χ0) is 8.27. The van der Waals surface area contributed by atoms with Crippen LogP contribution in [-0.4, -0.2) is 10.0 Å². The van der Waals surface area contributed by atoms with Crippen molar-refractivity contribution in [1.29, 1.82) is 0 Å². The predicted octanol–water partition coefficient (Wildman–Crippen LogP) is -1.28. The Morgan fingerprint density at radius 1 is 1.55 bits per heavy atom. The average Bonchev–Trinajstić information content (AvgIpc) is 2.04. The summed E-state index contributed by atoms with van der Waals surface area (Å²) in [5.74, 6) is 0. The summed E-state index contributed by atoms with van der Waals surface area (Å²) in [6, 6.07) is 5.78. The van der Waals surface area contributed by atoms with Gasteiger partial charge in [-0.15, -0.1) is 0 Å². The molecule has 0 aliphatic heterocycles. The Morgan fingerprint density at radius 2 is 2.27 bits per heavy atom. The molecule has 0 spiro atoms. The monoisotopic (exact) mass is 283 g/mol. The van der Waals surface area contributed by atoms with Crippen molar-refractivity contribution in [3.05, 3.63) is 32.4 Å². The molecule has 0 fully saturated rings. The first-order valence-electron chi connectivity index (χ1n) is 3.17. The van der Waals surface area contributed by atoms with Crippen LogP contribution in [0.25, 0.3) is 0 Å². The van der Waals surface area contributed by atoms with Gasteiger partial charge in [0.25, 0.3) is 0 Å². The van der Waals surface area contributed by atoms with Crippen LogP contribution in [0, 0.1) is 3.57 Å².